The van der Waals surface area contributed by atoms with Crippen LogP contribution >= 0.6 is 11.6 Å². The Labute approximate surface area is 147 Å². The van der Waals surface area contributed by atoms with E-state index in [0.29, 0.717) is 5.69 Å². The van der Waals surface area contributed by atoms with Crippen molar-refractivity contribution in [2.45, 2.75) is 31.2 Å². The van der Waals surface area contributed by atoms with Gasteiger partial charge in [-0.1, -0.05) is 23.7 Å². The molecular formula is C16H21ClN4O2S. The van der Waals surface area contributed by atoms with Crippen LogP contribution in [0.2, 0.25) is 5.15 Å². The SMILES string of the molecule is Cc1nn(C)c(Cl)c1S(=O)(=O)NCc1ccc(N2CCCC2)cc1. The number of hydrogen-bond acceptors (Lipinski definition) is 4. The maximum atomic E-state index is 12.5. The quantitative estimate of drug-likeness (QED) is 0.880. The second-order valence-electron chi connectivity index (χ2n) is 6.01. The van der Waals surface area contributed by atoms with E-state index in [0.717, 1.165) is 18.7 Å². The Morgan fingerprint density at radius 2 is 1.83 bits per heavy atom. The average Bonchev–Trinajstić information content (AvgIpc) is 3.15. The molecule has 6 nitrogen and oxygen atoms in total. The maximum absolute atomic E-state index is 12.5. The molecule has 24 heavy (non-hydrogen) atoms. The summed E-state index contributed by atoms with van der Waals surface area (Å²) in [5.41, 5.74) is 2.48. The standard InChI is InChI=1S/C16H21ClN4O2S/c1-12-15(16(17)20(2)19-12)24(22,23)18-11-13-5-7-14(8-6-13)21-9-3-4-10-21/h5-8,18H,3-4,9-11H2,1-2H3. The fourth-order valence-electron chi connectivity index (χ4n) is 2.97. The van der Waals surface area contributed by atoms with E-state index in [2.05, 4.69) is 14.7 Å². The van der Waals surface area contributed by atoms with E-state index < -0.39 is 10.0 Å². The predicted molar refractivity (Wildman–Crippen MR) is 94.9 cm³/mol. The van der Waals surface area contributed by atoms with E-state index in [1.165, 1.54) is 23.2 Å². The highest BCUT2D eigenvalue weighted by Gasteiger charge is 2.24. The largest absolute Gasteiger partial charge is 0.372 e. The fourth-order valence-corrected chi connectivity index (χ4v) is 4.73. The molecule has 0 saturated carbocycles. The molecule has 130 valence electrons. The lowest BCUT2D eigenvalue weighted by atomic mass is 10.2. The van der Waals surface area contributed by atoms with Crippen molar-refractivity contribution < 1.29 is 8.42 Å². The number of hydrogen-bond donors (Lipinski definition) is 1. The monoisotopic (exact) mass is 368 g/mol. The first-order valence-electron chi connectivity index (χ1n) is 7.91. The number of nitrogens with zero attached hydrogens (tertiary/aromatic N) is 3. The van der Waals surface area contributed by atoms with E-state index in [9.17, 15) is 8.42 Å². The number of halogens is 1. The molecule has 0 unspecified atom stereocenters. The van der Waals surface area contributed by atoms with Crippen LogP contribution in [0.5, 0.6) is 0 Å². The van der Waals surface area contributed by atoms with E-state index in [-0.39, 0.29) is 16.6 Å². The summed E-state index contributed by atoms with van der Waals surface area (Å²) in [5, 5.41) is 4.16. The number of benzene rings is 1. The number of nitrogens with one attached hydrogen (secondary N) is 1. The van der Waals surface area contributed by atoms with Gasteiger partial charge in [-0.3, -0.25) is 4.68 Å². The van der Waals surface area contributed by atoms with Crippen molar-refractivity contribution in [2.24, 2.45) is 7.05 Å². The minimum Gasteiger partial charge on any atom is -0.372 e. The van der Waals surface area contributed by atoms with Crippen LogP contribution in [-0.4, -0.2) is 31.3 Å². The lowest BCUT2D eigenvalue weighted by molar-refractivity contribution is 0.580. The van der Waals surface area contributed by atoms with Crippen LogP contribution in [0.4, 0.5) is 5.69 Å². The summed E-state index contributed by atoms with van der Waals surface area (Å²) in [4.78, 5) is 2.38. The molecule has 2 aromatic rings. The van der Waals surface area contributed by atoms with Gasteiger partial charge in [0.25, 0.3) is 0 Å². The van der Waals surface area contributed by atoms with E-state index in [1.54, 1.807) is 14.0 Å². The lowest BCUT2D eigenvalue weighted by Crippen LogP contribution is -2.24. The van der Waals surface area contributed by atoms with Gasteiger partial charge in [0.05, 0.1) is 5.69 Å². The first-order valence-corrected chi connectivity index (χ1v) is 9.77. The summed E-state index contributed by atoms with van der Waals surface area (Å²) in [5.74, 6) is 0. The van der Waals surface area contributed by atoms with Crippen molar-refractivity contribution in [3.8, 4) is 0 Å². The summed E-state index contributed by atoms with van der Waals surface area (Å²) in [6.45, 7) is 4.02. The molecule has 0 radical (unpaired) electrons. The zero-order valence-electron chi connectivity index (χ0n) is 13.8. The zero-order valence-corrected chi connectivity index (χ0v) is 15.4. The lowest BCUT2D eigenvalue weighted by Gasteiger charge is -2.17. The van der Waals surface area contributed by atoms with E-state index in [1.807, 2.05) is 24.3 Å². The van der Waals surface area contributed by atoms with Crippen molar-refractivity contribution in [1.29, 1.82) is 0 Å². The Balaban J connectivity index is 1.70. The van der Waals surface area contributed by atoms with Crippen LogP contribution in [-0.2, 0) is 23.6 Å². The minimum absolute atomic E-state index is 0.0420. The van der Waals surface area contributed by atoms with E-state index >= 15 is 0 Å². The second kappa shape index (κ2) is 6.74. The molecule has 1 aliphatic heterocycles. The van der Waals surface area contributed by atoms with Gasteiger partial charge < -0.3 is 4.90 Å². The summed E-state index contributed by atoms with van der Waals surface area (Å²) in [6.07, 6.45) is 2.46. The van der Waals surface area contributed by atoms with Crippen LogP contribution in [0.1, 0.15) is 24.1 Å². The molecule has 2 heterocycles. The highest BCUT2D eigenvalue weighted by molar-refractivity contribution is 7.89. The Kier molecular flexibility index (Phi) is 4.85. The Bertz CT molecular complexity index is 825. The van der Waals surface area contributed by atoms with Crippen molar-refractivity contribution in [3.05, 3.63) is 40.7 Å². The highest BCUT2D eigenvalue weighted by Crippen LogP contribution is 2.24. The van der Waals surface area contributed by atoms with Crippen LogP contribution in [0, 0.1) is 6.92 Å². The predicted octanol–water partition coefficient (Wildman–Crippen LogP) is 2.46. The molecule has 1 fully saturated rings. The van der Waals surface area contributed by atoms with Gasteiger partial charge in [-0.05, 0) is 37.5 Å². The first-order chi connectivity index (χ1) is 11.4. The molecule has 1 aliphatic rings. The maximum Gasteiger partial charge on any atom is 0.245 e. The van der Waals surface area contributed by atoms with Gasteiger partial charge in [-0.15, -0.1) is 0 Å². The van der Waals surface area contributed by atoms with Crippen molar-refractivity contribution in [2.75, 3.05) is 18.0 Å². The van der Waals surface area contributed by atoms with Gasteiger partial charge in [0.1, 0.15) is 10.0 Å². The number of aromatic nitrogens is 2. The fraction of sp³-hybridized carbons (Fsp3) is 0.438. The third-order valence-corrected chi connectivity index (χ3v) is 6.34. The van der Waals surface area contributed by atoms with Gasteiger partial charge in [0, 0.05) is 32.4 Å². The molecule has 0 spiro atoms. The van der Waals surface area contributed by atoms with Gasteiger partial charge in [-0.2, -0.15) is 5.10 Å². The van der Waals surface area contributed by atoms with Crippen LogP contribution in [0.3, 0.4) is 0 Å². The molecule has 1 aromatic heterocycles. The molecule has 0 amide bonds. The van der Waals surface area contributed by atoms with Crippen LogP contribution in [0.25, 0.3) is 0 Å². The molecular weight excluding hydrogens is 348 g/mol. The number of anilines is 1. The molecule has 1 saturated heterocycles. The van der Waals surface area contributed by atoms with Gasteiger partial charge >= 0.3 is 0 Å². The Morgan fingerprint density at radius 3 is 2.38 bits per heavy atom. The number of sulfonamides is 1. The molecule has 1 aromatic carbocycles. The molecule has 0 bridgehead atoms. The smallest absolute Gasteiger partial charge is 0.245 e. The van der Waals surface area contributed by atoms with Crippen LogP contribution in [0.15, 0.2) is 29.2 Å². The summed E-state index contributed by atoms with van der Waals surface area (Å²) < 4.78 is 28.9. The topological polar surface area (TPSA) is 67.2 Å². The third kappa shape index (κ3) is 3.43. The van der Waals surface area contributed by atoms with Crippen LogP contribution < -0.4 is 9.62 Å². The molecule has 8 heteroatoms. The summed E-state index contributed by atoms with van der Waals surface area (Å²) >= 11 is 6.05. The molecule has 1 N–H and O–H groups in total. The van der Waals surface area contributed by atoms with Crippen molar-refractivity contribution >= 4 is 27.3 Å². The molecule has 0 atom stereocenters. The van der Waals surface area contributed by atoms with Gasteiger partial charge in [0.2, 0.25) is 10.0 Å². The molecule has 0 aliphatic carbocycles. The second-order valence-corrected chi connectivity index (χ2v) is 8.08. The van der Waals surface area contributed by atoms with Gasteiger partial charge in [0.15, 0.2) is 0 Å². The van der Waals surface area contributed by atoms with Crippen molar-refractivity contribution in [1.82, 2.24) is 14.5 Å². The minimum atomic E-state index is -3.70. The number of aryl methyl sites for hydroxylation is 2. The number of rotatable bonds is 5. The zero-order chi connectivity index (χ0) is 17.3. The van der Waals surface area contributed by atoms with Crippen molar-refractivity contribution in [3.63, 3.8) is 0 Å². The average molecular weight is 369 g/mol. The van der Waals surface area contributed by atoms with Gasteiger partial charge in [-0.25, -0.2) is 13.1 Å². The Morgan fingerprint density at radius 1 is 1.21 bits per heavy atom. The summed E-state index contributed by atoms with van der Waals surface area (Å²) in [6, 6.07) is 7.98. The molecule has 3 rings (SSSR count). The Hall–Kier alpha value is -1.57. The van der Waals surface area contributed by atoms with E-state index in [4.69, 9.17) is 11.6 Å². The third-order valence-electron chi connectivity index (χ3n) is 4.24. The normalized spacial score (nSPS) is 15.2. The highest BCUT2D eigenvalue weighted by atomic mass is 35.5. The summed E-state index contributed by atoms with van der Waals surface area (Å²) in [7, 11) is -2.08. The first kappa shape index (κ1) is 17.3.